The summed E-state index contributed by atoms with van der Waals surface area (Å²) in [6.07, 6.45) is 11.3. The lowest BCUT2D eigenvalue weighted by molar-refractivity contribution is -0.340. The van der Waals surface area contributed by atoms with Gasteiger partial charge in [0.1, 0.15) is 11.7 Å². The SMILES string of the molecule is COC(=O)/C1=C\C=C\[C@H](C)C/C(C)=C/C[C@@H]2C[C@@H](C[C@]3(CC[C@H](C)[C@@H](C(C)C)O3)O2)OC(=O)[C@@H]2C[C@H](C)[C@@H](OC)C[C@@]12O. The Balaban J connectivity index is 1.75. The van der Waals surface area contributed by atoms with E-state index < -0.39 is 35.3 Å². The predicted octanol–water partition coefficient (Wildman–Crippen LogP) is 6.07. The second-order valence-corrected chi connectivity index (χ2v) is 14.1. The largest absolute Gasteiger partial charge is 0.466 e. The summed E-state index contributed by atoms with van der Waals surface area (Å²) in [5.74, 6) is -2.08. The van der Waals surface area contributed by atoms with Crippen molar-refractivity contribution in [2.24, 2.45) is 29.6 Å². The van der Waals surface area contributed by atoms with Crippen LogP contribution in [0.5, 0.6) is 0 Å². The van der Waals surface area contributed by atoms with Crippen LogP contribution in [0.15, 0.2) is 35.5 Å². The molecule has 242 valence electrons. The molecule has 2 saturated heterocycles. The van der Waals surface area contributed by atoms with Crippen LogP contribution < -0.4 is 0 Å². The molecule has 0 aromatic carbocycles. The summed E-state index contributed by atoms with van der Waals surface area (Å²) < 4.78 is 30.7. The van der Waals surface area contributed by atoms with Crippen molar-refractivity contribution in [2.75, 3.05) is 14.2 Å². The molecule has 8 nitrogen and oxygen atoms in total. The summed E-state index contributed by atoms with van der Waals surface area (Å²) in [7, 11) is 2.88. The van der Waals surface area contributed by atoms with Crippen molar-refractivity contribution in [3.05, 3.63) is 35.5 Å². The molecule has 0 unspecified atom stereocenters. The molecule has 1 aliphatic carbocycles. The second-order valence-electron chi connectivity index (χ2n) is 14.1. The van der Waals surface area contributed by atoms with Crippen LogP contribution in [-0.2, 0) is 33.3 Å². The minimum Gasteiger partial charge on any atom is -0.466 e. The zero-order chi connectivity index (χ0) is 31.5. The molecule has 0 amide bonds. The Kier molecular flexibility index (Phi) is 11.0. The fourth-order valence-electron chi connectivity index (χ4n) is 7.77. The molecule has 4 rings (SSSR count). The monoisotopic (exact) mass is 602 g/mol. The summed E-state index contributed by atoms with van der Waals surface area (Å²) in [5.41, 5.74) is -0.543. The van der Waals surface area contributed by atoms with E-state index >= 15 is 0 Å². The molecule has 0 aromatic heterocycles. The first-order valence-corrected chi connectivity index (χ1v) is 16.2. The number of hydrogen-bond donors (Lipinski definition) is 1. The van der Waals surface area contributed by atoms with Gasteiger partial charge in [-0.25, -0.2) is 4.79 Å². The number of carbonyl (C=O) groups is 2. The molecule has 3 fully saturated rings. The van der Waals surface area contributed by atoms with E-state index in [1.807, 2.05) is 13.0 Å². The highest BCUT2D eigenvalue weighted by atomic mass is 16.7. The van der Waals surface area contributed by atoms with Crippen LogP contribution in [0.3, 0.4) is 0 Å². The van der Waals surface area contributed by atoms with Crippen molar-refractivity contribution in [1.29, 1.82) is 0 Å². The van der Waals surface area contributed by atoms with Crippen LogP contribution in [0.4, 0.5) is 0 Å². The maximum Gasteiger partial charge on any atom is 0.336 e. The third-order valence-corrected chi connectivity index (χ3v) is 10.1. The van der Waals surface area contributed by atoms with E-state index in [0.29, 0.717) is 37.5 Å². The lowest BCUT2D eigenvalue weighted by Gasteiger charge is -2.51. The molecule has 1 spiro atoms. The van der Waals surface area contributed by atoms with Gasteiger partial charge in [-0.1, -0.05) is 58.4 Å². The lowest BCUT2D eigenvalue weighted by Crippen LogP contribution is -2.57. The molecule has 43 heavy (non-hydrogen) atoms. The number of fused-ring (bicyclic) bond motifs is 3. The molecule has 4 aliphatic rings. The Morgan fingerprint density at radius 1 is 1.07 bits per heavy atom. The minimum absolute atomic E-state index is 0.0280. The van der Waals surface area contributed by atoms with Gasteiger partial charge in [0.05, 0.1) is 36.9 Å². The smallest absolute Gasteiger partial charge is 0.336 e. The second kappa shape index (κ2) is 14.0. The molecule has 10 atom stereocenters. The maximum atomic E-state index is 14.1. The van der Waals surface area contributed by atoms with E-state index in [4.69, 9.17) is 23.7 Å². The molecule has 1 saturated carbocycles. The molecule has 3 heterocycles. The number of rotatable bonds is 3. The third-order valence-electron chi connectivity index (χ3n) is 10.1. The Bertz CT molecular complexity index is 1090. The van der Waals surface area contributed by atoms with Gasteiger partial charge in [0.15, 0.2) is 5.79 Å². The fourth-order valence-corrected chi connectivity index (χ4v) is 7.77. The number of hydrogen-bond acceptors (Lipinski definition) is 8. The van der Waals surface area contributed by atoms with Crippen LogP contribution >= 0.6 is 0 Å². The Hall–Kier alpha value is -2.00. The molecular weight excluding hydrogens is 548 g/mol. The highest BCUT2D eigenvalue weighted by molar-refractivity contribution is 5.93. The third kappa shape index (κ3) is 7.63. The van der Waals surface area contributed by atoms with Gasteiger partial charge >= 0.3 is 11.9 Å². The number of allylic oxidation sites excluding steroid dienone is 4. The molecular formula is C35H54O8. The minimum atomic E-state index is -1.82. The van der Waals surface area contributed by atoms with Crippen molar-refractivity contribution < 1.29 is 38.4 Å². The van der Waals surface area contributed by atoms with Crippen LogP contribution in [0.2, 0.25) is 0 Å². The van der Waals surface area contributed by atoms with Crippen molar-refractivity contribution in [1.82, 2.24) is 0 Å². The van der Waals surface area contributed by atoms with E-state index in [9.17, 15) is 14.7 Å². The van der Waals surface area contributed by atoms with Crippen molar-refractivity contribution >= 4 is 11.9 Å². The quantitative estimate of drug-likeness (QED) is 0.307. The summed E-state index contributed by atoms with van der Waals surface area (Å²) in [4.78, 5) is 27.3. The summed E-state index contributed by atoms with van der Waals surface area (Å²) in [6, 6.07) is 0. The van der Waals surface area contributed by atoms with Gasteiger partial charge in [0, 0.05) is 32.8 Å². The van der Waals surface area contributed by atoms with Gasteiger partial charge in [0.25, 0.3) is 0 Å². The van der Waals surface area contributed by atoms with E-state index in [0.717, 1.165) is 19.3 Å². The van der Waals surface area contributed by atoms with Crippen molar-refractivity contribution in [2.45, 2.75) is 129 Å². The van der Waals surface area contributed by atoms with E-state index in [1.54, 1.807) is 19.3 Å². The molecule has 8 heteroatoms. The topological polar surface area (TPSA) is 101 Å². The summed E-state index contributed by atoms with van der Waals surface area (Å²) in [5, 5.41) is 12.3. The maximum absolute atomic E-state index is 14.1. The zero-order valence-electron chi connectivity index (χ0n) is 27.5. The van der Waals surface area contributed by atoms with Crippen LogP contribution in [-0.4, -0.2) is 67.1 Å². The number of carbonyl (C=O) groups excluding carboxylic acids is 2. The molecule has 1 N–H and O–H groups in total. The summed E-state index contributed by atoms with van der Waals surface area (Å²) >= 11 is 0. The van der Waals surface area contributed by atoms with Crippen LogP contribution in [0.1, 0.15) is 92.9 Å². The first-order chi connectivity index (χ1) is 20.3. The van der Waals surface area contributed by atoms with Crippen molar-refractivity contribution in [3.8, 4) is 0 Å². The summed E-state index contributed by atoms with van der Waals surface area (Å²) in [6.45, 7) is 12.8. The fraction of sp³-hybridized carbons (Fsp3) is 0.771. The van der Waals surface area contributed by atoms with E-state index in [2.05, 4.69) is 40.7 Å². The van der Waals surface area contributed by atoms with Gasteiger partial charge in [-0.15, -0.1) is 0 Å². The Labute approximate surface area is 258 Å². The van der Waals surface area contributed by atoms with Gasteiger partial charge in [0.2, 0.25) is 0 Å². The van der Waals surface area contributed by atoms with Crippen LogP contribution in [0, 0.1) is 29.6 Å². The average molecular weight is 603 g/mol. The lowest BCUT2D eigenvalue weighted by atomic mass is 9.66. The number of methoxy groups -OCH3 is 2. The zero-order valence-corrected chi connectivity index (χ0v) is 27.5. The molecule has 0 aromatic rings. The first kappa shape index (κ1) is 33.9. The van der Waals surface area contributed by atoms with Crippen molar-refractivity contribution in [3.63, 3.8) is 0 Å². The van der Waals surface area contributed by atoms with E-state index in [-0.39, 0.29) is 42.1 Å². The Morgan fingerprint density at radius 3 is 2.49 bits per heavy atom. The highest BCUT2D eigenvalue weighted by Gasteiger charge is 2.55. The Morgan fingerprint density at radius 2 is 1.81 bits per heavy atom. The normalized spacial score (nSPS) is 44.4. The molecule has 0 radical (unpaired) electrons. The number of esters is 2. The number of ether oxygens (including phenoxy) is 5. The first-order valence-electron chi connectivity index (χ1n) is 16.2. The highest BCUT2D eigenvalue weighted by Crippen LogP contribution is 2.47. The average Bonchev–Trinajstić information content (AvgIpc) is 2.95. The van der Waals surface area contributed by atoms with Crippen LogP contribution in [0.25, 0.3) is 0 Å². The predicted molar refractivity (Wildman–Crippen MR) is 164 cm³/mol. The number of aliphatic hydroxyl groups is 1. The van der Waals surface area contributed by atoms with Gasteiger partial charge in [-0.3, -0.25) is 4.79 Å². The van der Waals surface area contributed by atoms with Gasteiger partial charge < -0.3 is 28.8 Å². The molecule has 2 bridgehead atoms. The van der Waals surface area contributed by atoms with Gasteiger partial charge in [-0.05, 0) is 62.4 Å². The van der Waals surface area contributed by atoms with E-state index in [1.165, 1.54) is 12.7 Å². The molecule has 3 aliphatic heterocycles. The van der Waals surface area contributed by atoms with Gasteiger partial charge in [-0.2, -0.15) is 0 Å². The standard InChI is InChI=1S/C35H54O8/c1-21(2)31-24(5)14-15-34(43-31)19-27-18-26(42-34)13-12-23(4)16-22(3)10-9-11-28(32(36)40-8)35(38)20-30(39-7)25(6)17-29(35)33(37)41-27/h9-12,21-22,24-27,29-31,38H,13-20H2,1-8H3/b10-9+,23-12+,28-11+/t22-,24-,25-,26+,27-,29-,30-,31+,34+,35+/m0/s1.